The molecule has 0 bridgehead atoms. The van der Waals surface area contributed by atoms with E-state index in [0.717, 1.165) is 0 Å². The molecule has 0 fully saturated rings. The number of nitrogen functional groups attached to an aromatic ring is 1. The van der Waals surface area contributed by atoms with Crippen molar-refractivity contribution in [3.63, 3.8) is 0 Å². The van der Waals surface area contributed by atoms with Crippen LogP contribution in [-0.2, 0) is 0 Å². The third-order valence-corrected chi connectivity index (χ3v) is 2.86. The lowest BCUT2D eigenvalue weighted by atomic mass is 10.3. The van der Waals surface area contributed by atoms with Crippen molar-refractivity contribution in [3.05, 3.63) is 22.4 Å². The second kappa shape index (κ2) is 3.52. The number of benzene rings is 1. The summed E-state index contributed by atoms with van der Waals surface area (Å²) in [6.45, 7) is 0. The second-order valence-corrected chi connectivity index (χ2v) is 4.27. The third kappa shape index (κ3) is 1.66. The fourth-order valence-corrected chi connectivity index (χ4v) is 1.83. The molecule has 0 aliphatic heterocycles. The van der Waals surface area contributed by atoms with Gasteiger partial charge in [-0.05, 0) is 22.0 Å². The second-order valence-electron chi connectivity index (χ2n) is 3.41. The number of hydrogen-bond acceptors (Lipinski definition) is 4. The number of imidazole rings is 1. The van der Waals surface area contributed by atoms with E-state index in [1.807, 2.05) is 0 Å². The zero-order valence-electron chi connectivity index (χ0n) is 8.33. The highest BCUT2D eigenvalue weighted by Gasteiger charge is 2.11. The lowest BCUT2D eigenvalue weighted by Gasteiger charge is -1.92. The summed E-state index contributed by atoms with van der Waals surface area (Å²) in [5, 5.41) is 6.32. The number of rotatable bonds is 1. The van der Waals surface area contributed by atoms with Gasteiger partial charge >= 0.3 is 0 Å². The fourth-order valence-electron chi connectivity index (χ4n) is 1.50. The maximum absolute atomic E-state index is 13.3. The van der Waals surface area contributed by atoms with Crippen LogP contribution in [0, 0.1) is 5.82 Å². The van der Waals surface area contributed by atoms with Gasteiger partial charge in [0.05, 0.1) is 15.5 Å². The van der Waals surface area contributed by atoms with Crippen LogP contribution in [0.25, 0.3) is 22.7 Å². The van der Waals surface area contributed by atoms with Crippen molar-refractivity contribution in [1.29, 1.82) is 0 Å². The molecule has 17 heavy (non-hydrogen) atoms. The number of aromatic amines is 2. The van der Waals surface area contributed by atoms with E-state index in [1.54, 1.807) is 6.07 Å². The maximum Gasteiger partial charge on any atom is 0.239 e. The van der Waals surface area contributed by atoms with Crippen molar-refractivity contribution >= 4 is 32.9 Å². The van der Waals surface area contributed by atoms with Crippen LogP contribution in [0.3, 0.4) is 0 Å². The molecule has 4 N–H and O–H groups in total. The molecule has 0 atom stereocenters. The minimum atomic E-state index is -0.357. The highest BCUT2D eigenvalue weighted by molar-refractivity contribution is 9.10. The number of hydrogen-bond donors (Lipinski definition) is 3. The van der Waals surface area contributed by atoms with Crippen LogP contribution in [0.4, 0.5) is 10.3 Å². The van der Waals surface area contributed by atoms with E-state index in [2.05, 4.69) is 41.1 Å². The molecule has 1 aromatic carbocycles. The summed E-state index contributed by atoms with van der Waals surface area (Å²) in [6, 6.07) is 2.94. The molecule has 0 saturated carbocycles. The maximum atomic E-state index is 13.3. The van der Waals surface area contributed by atoms with Crippen LogP contribution in [-0.4, -0.2) is 25.1 Å². The predicted octanol–water partition coefficient (Wildman–Crippen LogP) is 1.83. The molecular formula is C9H6BrFN6. The van der Waals surface area contributed by atoms with Gasteiger partial charge < -0.3 is 10.7 Å². The molecule has 2 heterocycles. The van der Waals surface area contributed by atoms with E-state index in [0.29, 0.717) is 27.2 Å². The standard InChI is InChI=1S/C9H6BrFN6/c10-3-1-5-6(2-4(3)11)14-7(13-5)8-15-9(12)17-16-8/h1-2H,(H,13,14)(H3,12,15,16,17). The molecule has 3 rings (SSSR count). The minimum Gasteiger partial charge on any atom is -0.366 e. The van der Waals surface area contributed by atoms with Crippen molar-refractivity contribution in [2.75, 3.05) is 5.73 Å². The average molecular weight is 297 g/mol. The lowest BCUT2D eigenvalue weighted by Crippen LogP contribution is -1.86. The molecule has 2 aromatic heterocycles. The summed E-state index contributed by atoms with van der Waals surface area (Å²) < 4.78 is 13.7. The van der Waals surface area contributed by atoms with Gasteiger partial charge in [0.1, 0.15) is 5.82 Å². The summed E-state index contributed by atoms with van der Waals surface area (Å²) >= 11 is 3.10. The van der Waals surface area contributed by atoms with E-state index in [4.69, 9.17) is 5.73 Å². The molecule has 3 aromatic rings. The Bertz CT molecular complexity index is 664. The van der Waals surface area contributed by atoms with E-state index in [9.17, 15) is 4.39 Å². The number of fused-ring (bicyclic) bond motifs is 1. The van der Waals surface area contributed by atoms with Gasteiger partial charge in [-0.3, -0.25) is 5.10 Å². The van der Waals surface area contributed by atoms with Crippen molar-refractivity contribution in [2.45, 2.75) is 0 Å². The molecule has 6 nitrogen and oxygen atoms in total. The van der Waals surface area contributed by atoms with Gasteiger partial charge in [-0.25, -0.2) is 9.37 Å². The zero-order chi connectivity index (χ0) is 12.0. The van der Waals surface area contributed by atoms with Gasteiger partial charge in [-0.15, -0.1) is 5.10 Å². The Balaban J connectivity index is 2.19. The van der Waals surface area contributed by atoms with Crippen molar-refractivity contribution in [2.24, 2.45) is 0 Å². The first-order chi connectivity index (χ1) is 8.13. The summed E-state index contributed by atoms with van der Waals surface area (Å²) in [7, 11) is 0. The van der Waals surface area contributed by atoms with Gasteiger partial charge in [0.2, 0.25) is 5.95 Å². The molecule has 0 unspecified atom stereocenters. The first-order valence-electron chi connectivity index (χ1n) is 4.66. The Morgan fingerprint density at radius 1 is 1.24 bits per heavy atom. The summed E-state index contributed by atoms with van der Waals surface area (Å²) in [5.41, 5.74) is 6.60. The SMILES string of the molecule is Nc1n[nH]c(-c2nc3cc(Br)c(F)cc3[nH]2)n1. The van der Waals surface area contributed by atoms with E-state index < -0.39 is 0 Å². The number of halogens is 2. The Morgan fingerprint density at radius 2 is 2.06 bits per heavy atom. The average Bonchev–Trinajstić information content (AvgIpc) is 2.85. The normalized spacial score (nSPS) is 11.2. The van der Waals surface area contributed by atoms with Crippen LogP contribution < -0.4 is 5.73 Å². The van der Waals surface area contributed by atoms with Gasteiger partial charge in [0.25, 0.3) is 0 Å². The minimum absolute atomic E-state index is 0.132. The van der Waals surface area contributed by atoms with E-state index in [-0.39, 0.29) is 11.8 Å². The molecular weight excluding hydrogens is 291 g/mol. The number of nitrogens with two attached hydrogens (primary N) is 1. The Kier molecular flexibility index (Phi) is 2.11. The Hall–Kier alpha value is -1.96. The number of nitrogens with one attached hydrogen (secondary N) is 2. The van der Waals surface area contributed by atoms with Crippen LogP contribution in [0.15, 0.2) is 16.6 Å². The molecule has 0 saturated heterocycles. The van der Waals surface area contributed by atoms with E-state index in [1.165, 1.54) is 6.07 Å². The summed E-state index contributed by atoms with van der Waals surface area (Å²) in [4.78, 5) is 11.1. The predicted molar refractivity (Wildman–Crippen MR) is 63.5 cm³/mol. The Labute approximate surface area is 103 Å². The molecule has 8 heteroatoms. The van der Waals surface area contributed by atoms with Gasteiger partial charge in [-0.1, -0.05) is 0 Å². The number of anilines is 1. The number of H-pyrrole nitrogens is 2. The number of aromatic nitrogens is 5. The quantitative estimate of drug-likeness (QED) is 0.638. The Morgan fingerprint density at radius 3 is 2.76 bits per heavy atom. The van der Waals surface area contributed by atoms with Crippen LogP contribution in [0.1, 0.15) is 0 Å². The monoisotopic (exact) mass is 296 g/mol. The molecule has 0 spiro atoms. The fraction of sp³-hybridized carbons (Fsp3) is 0. The molecule has 0 aliphatic carbocycles. The lowest BCUT2D eigenvalue weighted by molar-refractivity contribution is 0.623. The van der Waals surface area contributed by atoms with Crippen LogP contribution >= 0.6 is 15.9 Å². The smallest absolute Gasteiger partial charge is 0.239 e. The summed E-state index contributed by atoms with van der Waals surface area (Å²) in [6.07, 6.45) is 0. The van der Waals surface area contributed by atoms with Gasteiger partial charge in [0, 0.05) is 6.07 Å². The van der Waals surface area contributed by atoms with E-state index >= 15 is 0 Å². The summed E-state index contributed by atoms with van der Waals surface area (Å²) in [5.74, 6) is 0.648. The van der Waals surface area contributed by atoms with Crippen molar-refractivity contribution in [1.82, 2.24) is 25.1 Å². The highest BCUT2D eigenvalue weighted by atomic mass is 79.9. The van der Waals surface area contributed by atoms with Gasteiger partial charge in [0.15, 0.2) is 11.6 Å². The zero-order valence-corrected chi connectivity index (χ0v) is 9.92. The van der Waals surface area contributed by atoms with Crippen LogP contribution in [0.5, 0.6) is 0 Å². The highest BCUT2D eigenvalue weighted by Crippen LogP contribution is 2.24. The van der Waals surface area contributed by atoms with Crippen LogP contribution in [0.2, 0.25) is 0 Å². The molecule has 0 radical (unpaired) electrons. The first-order valence-corrected chi connectivity index (χ1v) is 5.46. The van der Waals surface area contributed by atoms with Gasteiger partial charge in [-0.2, -0.15) is 4.98 Å². The molecule has 0 amide bonds. The van der Waals surface area contributed by atoms with Crippen molar-refractivity contribution in [3.8, 4) is 11.6 Å². The molecule has 0 aliphatic rings. The number of nitrogens with zero attached hydrogens (tertiary/aromatic N) is 3. The third-order valence-electron chi connectivity index (χ3n) is 2.25. The first kappa shape index (κ1) is 10.2. The molecule has 86 valence electrons. The topological polar surface area (TPSA) is 96.3 Å². The van der Waals surface area contributed by atoms with Crippen molar-refractivity contribution < 1.29 is 4.39 Å². The largest absolute Gasteiger partial charge is 0.366 e.